The van der Waals surface area contributed by atoms with Crippen molar-refractivity contribution >= 4 is 29.4 Å². The molecule has 0 N–H and O–H groups in total. The normalized spacial score (nSPS) is 14.9. The van der Waals surface area contributed by atoms with E-state index in [9.17, 15) is 14.4 Å². The lowest BCUT2D eigenvalue weighted by Crippen LogP contribution is -2.40. The predicted molar refractivity (Wildman–Crippen MR) is 142 cm³/mol. The molecular weight excluding hydrogens is 508 g/mol. The summed E-state index contributed by atoms with van der Waals surface area (Å²) in [5.74, 6) is -0.222. The van der Waals surface area contributed by atoms with Crippen LogP contribution in [0, 0.1) is 0 Å². The number of hydrogen-bond donors (Lipinski definition) is 0. The molecule has 0 unspecified atom stereocenters. The van der Waals surface area contributed by atoms with Gasteiger partial charge in [-0.15, -0.1) is 0 Å². The molecule has 3 aromatic rings. The molecule has 0 fully saturated rings. The summed E-state index contributed by atoms with van der Waals surface area (Å²) in [6, 6.07) is 13.8. The molecule has 0 spiro atoms. The maximum atomic E-state index is 13.7. The van der Waals surface area contributed by atoms with Crippen molar-refractivity contribution in [3.63, 3.8) is 0 Å². The fraction of sp³-hybridized carbons (Fsp3) is 0.286. The minimum absolute atomic E-state index is 0.246. The van der Waals surface area contributed by atoms with E-state index in [-0.39, 0.29) is 18.8 Å². The van der Waals surface area contributed by atoms with Gasteiger partial charge in [-0.1, -0.05) is 54.7 Å². The van der Waals surface area contributed by atoms with Crippen molar-refractivity contribution in [3.8, 4) is 11.5 Å². The van der Waals surface area contributed by atoms with Crippen LogP contribution in [0.5, 0.6) is 11.5 Å². The van der Waals surface area contributed by atoms with Gasteiger partial charge in [0.25, 0.3) is 5.56 Å². The fourth-order valence-corrected chi connectivity index (χ4v) is 5.22. The molecule has 0 bridgehead atoms. The van der Waals surface area contributed by atoms with Gasteiger partial charge in [-0.05, 0) is 42.7 Å². The first-order valence-electron chi connectivity index (χ1n) is 12.1. The summed E-state index contributed by atoms with van der Waals surface area (Å²) in [6.45, 7) is 3.65. The van der Waals surface area contributed by atoms with Gasteiger partial charge < -0.3 is 18.9 Å². The maximum absolute atomic E-state index is 13.7. The van der Waals surface area contributed by atoms with Crippen LogP contribution in [-0.4, -0.2) is 43.9 Å². The summed E-state index contributed by atoms with van der Waals surface area (Å²) in [7, 11) is 2.81. The molecule has 0 saturated heterocycles. The molecule has 198 valence electrons. The highest BCUT2D eigenvalue weighted by Gasteiger charge is 2.33. The molecule has 10 heteroatoms. The maximum Gasteiger partial charge on any atom is 0.344 e. The highest BCUT2D eigenvalue weighted by molar-refractivity contribution is 7.07. The monoisotopic (exact) mass is 536 g/mol. The van der Waals surface area contributed by atoms with Crippen LogP contribution in [0.25, 0.3) is 6.08 Å². The molecule has 2 heterocycles. The number of rotatable bonds is 9. The number of esters is 2. The number of ether oxygens (including phenoxy) is 4. The average molecular weight is 537 g/mol. The Balaban J connectivity index is 1.80. The van der Waals surface area contributed by atoms with Gasteiger partial charge in [-0.3, -0.25) is 9.36 Å². The topological polar surface area (TPSA) is 105 Å². The van der Waals surface area contributed by atoms with Gasteiger partial charge in [0.05, 0.1) is 42.7 Å². The third-order valence-corrected chi connectivity index (χ3v) is 6.88. The molecule has 4 rings (SSSR count). The van der Waals surface area contributed by atoms with E-state index in [4.69, 9.17) is 18.9 Å². The summed E-state index contributed by atoms with van der Waals surface area (Å²) in [6.07, 6.45) is 2.24. The lowest BCUT2D eigenvalue weighted by molar-refractivity contribution is -0.145. The number of benzene rings is 2. The van der Waals surface area contributed by atoms with Gasteiger partial charge in [0.15, 0.2) is 22.9 Å². The third kappa shape index (κ3) is 5.40. The minimum Gasteiger partial charge on any atom is -0.493 e. The van der Waals surface area contributed by atoms with Crippen LogP contribution in [-0.2, 0) is 19.1 Å². The smallest absolute Gasteiger partial charge is 0.344 e. The molecule has 9 nitrogen and oxygen atoms in total. The Labute approximate surface area is 223 Å². The Morgan fingerprint density at radius 1 is 1.08 bits per heavy atom. The number of hydrogen-bond acceptors (Lipinski definition) is 9. The molecule has 0 amide bonds. The first kappa shape index (κ1) is 26.9. The summed E-state index contributed by atoms with van der Waals surface area (Å²) in [4.78, 5) is 43.4. The van der Waals surface area contributed by atoms with Gasteiger partial charge in [0.2, 0.25) is 0 Å². The zero-order valence-corrected chi connectivity index (χ0v) is 22.4. The van der Waals surface area contributed by atoms with Crippen molar-refractivity contribution < 1.29 is 28.5 Å². The highest BCUT2D eigenvalue weighted by atomic mass is 32.1. The standard InChI is InChI=1S/C28H28N2O7S/c1-5-19-24(27(33)35-4)25(18-10-8-7-9-11-18)30-26(32)22(38-28(30)29-19)15-17-12-13-20(21(14-17)34-3)37-16-23(31)36-6-2/h7-15,25H,5-6,16H2,1-4H3/b22-15-/t25-/m1/s1. The summed E-state index contributed by atoms with van der Waals surface area (Å²) in [5, 5.41) is 0. The molecule has 0 radical (unpaired) electrons. The first-order chi connectivity index (χ1) is 18.4. The number of fused-ring (bicyclic) bond motifs is 1. The van der Waals surface area contributed by atoms with E-state index in [1.54, 1.807) is 35.8 Å². The molecule has 38 heavy (non-hydrogen) atoms. The second kappa shape index (κ2) is 11.9. The summed E-state index contributed by atoms with van der Waals surface area (Å²) in [5.41, 5.74) is 2.13. The van der Waals surface area contributed by atoms with Crippen molar-refractivity contribution in [2.45, 2.75) is 26.3 Å². The van der Waals surface area contributed by atoms with E-state index >= 15 is 0 Å². The Hall–Kier alpha value is -4.18. The van der Waals surface area contributed by atoms with Gasteiger partial charge in [-0.25, -0.2) is 14.6 Å². The summed E-state index contributed by atoms with van der Waals surface area (Å²) < 4.78 is 22.9. The highest BCUT2D eigenvalue weighted by Crippen LogP contribution is 2.32. The number of carbonyl (C=O) groups excluding carboxylic acids is 2. The van der Waals surface area contributed by atoms with E-state index in [2.05, 4.69) is 4.99 Å². The van der Waals surface area contributed by atoms with E-state index in [1.807, 2.05) is 37.3 Å². The lowest BCUT2D eigenvalue weighted by atomic mass is 9.95. The van der Waals surface area contributed by atoms with Crippen LogP contribution in [0.3, 0.4) is 0 Å². The molecular formula is C28H28N2O7S. The third-order valence-electron chi connectivity index (χ3n) is 5.90. The van der Waals surface area contributed by atoms with Crippen LogP contribution in [0.2, 0.25) is 0 Å². The molecule has 1 aromatic heterocycles. The molecule has 1 aliphatic rings. The Kier molecular flexibility index (Phi) is 8.42. The average Bonchev–Trinajstić information content (AvgIpc) is 3.25. The van der Waals surface area contributed by atoms with Crippen LogP contribution < -0.4 is 24.4 Å². The molecule has 1 atom stereocenters. The van der Waals surface area contributed by atoms with E-state index in [1.165, 1.54) is 25.6 Å². The first-order valence-corrected chi connectivity index (χ1v) is 12.9. The number of aromatic nitrogens is 1. The molecule has 0 aliphatic carbocycles. The summed E-state index contributed by atoms with van der Waals surface area (Å²) >= 11 is 1.24. The number of methoxy groups -OCH3 is 2. The van der Waals surface area contributed by atoms with E-state index in [0.29, 0.717) is 44.1 Å². The largest absolute Gasteiger partial charge is 0.493 e. The van der Waals surface area contributed by atoms with Crippen molar-refractivity contribution in [1.29, 1.82) is 0 Å². The molecule has 1 aliphatic heterocycles. The SMILES string of the molecule is CCOC(=O)COc1ccc(/C=c2\sc3n(c2=O)[C@H](c2ccccc2)C(C(=O)OC)=C(CC)N=3)cc1OC. The van der Waals surface area contributed by atoms with Gasteiger partial charge in [0.1, 0.15) is 0 Å². The van der Waals surface area contributed by atoms with Gasteiger partial charge in [-0.2, -0.15) is 0 Å². The predicted octanol–water partition coefficient (Wildman–Crippen LogP) is 2.75. The quantitative estimate of drug-likeness (QED) is 0.387. The van der Waals surface area contributed by atoms with Crippen molar-refractivity contribution in [2.75, 3.05) is 27.4 Å². The van der Waals surface area contributed by atoms with E-state index in [0.717, 1.165) is 5.56 Å². The van der Waals surface area contributed by atoms with Gasteiger partial charge in [0, 0.05) is 0 Å². The molecule has 0 saturated carbocycles. The Morgan fingerprint density at radius 3 is 2.50 bits per heavy atom. The Morgan fingerprint density at radius 2 is 1.84 bits per heavy atom. The zero-order chi connectivity index (χ0) is 27.2. The Bertz CT molecular complexity index is 1550. The number of allylic oxidation sites excluding steroid dienone is 1. The number of thiazole rings is 1. The van der Waals surface area contributed by atoms with Crippen LogP contribution in [0.1, 0.15) is 37.4 Å². The number of carbonyl (C=O) groups is 2. The minimum atomic E-state index is -0.662. The van der Waals surface area contributed by atoms with Crippen molar-refractivity contribution in [1.82, 2.24) is 4.57 Å². The lowest BCUT2D eigenvalue weighted by Gasteiger charge is -2.25. The number of nitrogens with zero attached hydrogens (tertiary/aromatic N) is 2. The second-order valence-corrected chi connectivity index (χ2v) is 9.21. The van der Waals surface area contributed by atoms with Crippen molar-refractivity contribution in [2.24, 2.45) is 4.99 Å². The van der Waals surface area contributed by atoms with Crippen LogP contribution in [0.4, 0.5) is 0 Å². The van der Waals surface area contributed by atoms with E-state index < -0.39 is 18.0 Å². The molecule has 2 aromatic carbocycles. The van der Waals surface area contributed by atoms with Crippen LogP contribution in [0.15, 0.2) is 69.6 Å². The second-order valence-electron chi connectivity index (χ2n) is 8.20. The zero-order valence-electron chi connectivity index (χ0n) is 21.6. The van der Waals surface area contributed by atoms with Crippen LogP contribution >= 0.6 is 11.3 Å². The fourth-order valence-electron chi connectivity index (χ4n) is 4.20. The van der Waals surface area contributed by atoms with Gasteiger partial charge >= 0.3 is 11.9 Å². The van der Waals surface area contributed by atoms with Crippen molar-refractivity contribution in [3.05, 3.63) is 90.6 Å².